The first-order valence-electron chi connectivity index (χ1n) is 6.53. The van der Waals surface area contributed by atoms with E-state index in [2.05, 4.69) is 21.2 Å². The zero-order chi connectivity index (χ0) is 16.2. The minimum atomic E-state index is -4.52. The molecule has 0 aliphatic carbocycles. The van der Waals surface area contributed by atoms with Crippen molar-refractivity contribution in [2.75, 3.05) is 0 Å². The highest BCUT2D eigenvalue weighted by atomic mass is 79.9. The molecule has 2 rings (SSSR count). The molecule has 0 aromatic heterocycles. The van der Waals surface area contributed by atoms with Crippen molar-refractivity contribution in [1.29, 1.82) is 0 Å². The molecule has 0 spiro atoms. The summed E-state index contributed by atoms with van der Waals surface area (Å²) in [5, 5.41) is 2.06. The van der Waals surface area contributed by atoms with Gasteiger partial charge in [0.25, 0.3) is 5.91 Å². The maximum Gasteiger partial charge on any atom is 0.408 e. The van der Waals surface area contributed by atoms with Crippen LogP contribution in [0.4, 0.5) is 13.2 Å². The maximum absolute atomic E-state index is 13.2. The van der Waals surface area contributed by atoms with Gasteiger partial charge in [0, 0.05) is 16.5 Å². The van der Waals surface area contributed by atoms with Gasteiger partial charge in [-0.15, -0.1) is 0 Å². The van der Waals surface area contributed by atoms with Gasteiger partial charge >= 0.3 is 6.18 Å². The van der Waals surface area contributed by atoms with Crippen molar-refractivity contribution in [1.82, 2.24) is 5.32 Å². The van der Waals surface area contributed by atoms with Crippen LogP contribution in [0.5, 0.6) is 0 Å². The van der Waals surface area contributed by atoms with E-state index in [4.69, 9.17) is 0 Å². The van der Waals surface area contributed by atoms with Gasteiger partial charge in [0.05, 0.1) is 0 Å². The van der Waals surface area contributed by atoms with Crippen molar-refractivity contribution in [2.45, 2.75) is 18.6 Å². The van der Waals surface area contributed by atoms with E-state index in [0.717, 1.165) is 0 Å². The largest absolute Gasteiger partial charge is 0.408 e. The molecule has 0 aliphatic heterocycles. The topological polar surface area (TPSA) is 29.1 Å². The number of amides is 1. The predicted molar refractivity (Wildman–Crippen MR) is 81.6 cm³/mol. The van der Waals surface area contributed by atoms with Crippen LogP contribution in [0.3, 0.4) is 0 Å². The van der Waals surface area contributed by atoms with Crippen LogP contribution in [0.15, 0.2) is 59.1 Å². The summed E-state index contributed by atoms with van der Waals surface area (Å²) in [5.74, 6) is -0.738. The number of halogens is 4. The molecule has 1 N–H and O–H groups in total. The number of alkyl halides is 3. The molecule has 0 aliphatic rings. The van der Waals surface area contributed by atoms with Crippen molar-refractivity contribution >= 4 is 21.8 Å². The average molecular weight is 372 g/mol. The zero-order valence-corrected chi connectivity index (χ0v) is 13.0. The normalized spacial score (nSPS) is 12.7. The molecule has 2 aromatic rings. The van der Waals surface area contributed by atoms with Crippen LogP contribution in [-0.2, 0) is 6.42 Å². The van der Waals surface area contributed by atoms with Gasteiger partial charge in [0.1, 0.15) is 6.04 Å². The van der Waals surface area contributed by atoms with Gasteiger partial charge in [0.15, 0.2) is 0 Å². The molecule has 1 amide bonds. The van der Waals surface area contributed by atoms with Crippen LogP contribution in [0.1, 0.15) is 15.9 Å². The summed E-state index contributed by atoms with van der Waals surface area (Å²) in [6, 6.07) is 12.5. The second-order valence-electron chi connectivity index (χ2n) is 4.77. The number of benzene rings is 2. The second kappa shape index (κ2) is 6.96. The minimum absolute atomic E-state index is 0.200. The van der Waals surface area contributed by atoms with E-state index in [1.165, 1.54) is 12.1 Å². The van der Waals surface area contributed by atoms with Gasteiger partial charge in [0.2, 0.25) is 0 Å². The molecule has 6 heteroatoms. The lowest BCUT2D eigenvalue weighted by molar-refractivity contribution is -0.153. The van der Waals surface area contributed by atoms with Gasteiger partial charge < -0.3 is 5.32 Å². The summed E-state index contributed by atoms with van der Waals surface area (Å²) in [6.07, 6.45) is -4.84. The number of hydrogen-bond donors (Lipinski definition) is 1. The van der Waals surface area contributed by atoms with Crippen LogP contribution in [0.2, 0.25) is 0 Å². The summed E-state index contributed by atoms with van der Waals surface area (Å²) in [5.41, 5.74) is 0.691. The Morgan fingerprint density at radius 1 is 1.09 bits per heavy atom. The Morgan fingerprint density at radius 3 is 2.36 bits per heavy atom. The Bertz CT molecular complexity index is 643. The standard InChI is InChI=1S/C16H13BrF3NO/c17-13-8-4-5-11(9-13)10-14(16(18,19)20)21-15(22)12-6-2-1-3-7-12/h1-9,14H,10H2,(H,21,22)/t14-/m1/s1. The van der Waals surface area contributed by atoms with E-state index in [1.54, 1.807) is 42.5 Å². The van der Waals surface area contributed by atoms with E-state index >= 15 is 0 Å². The molecule has 0 radical (unpaired) electrons. The quantitative estimate of drug-likeness (QED) is 0.850. The highest BCUT2D eigenvalue weighted by molar-refractivity contribution is 9.10. The van der Waals surface area contributed by atoms with Crippen LogP contribution in [-0.4, -0.2) is 18.1 Å². The molecule has 1 atom stereocenters. The van der Waals surface area contributed by atoms with Gasteiger partial charge in [-0.3, -0.25) is 4.79 Å². The first-order valence-corrected chi connectivity index (χ1v) is 7.32. The second-order valence-corrected chi connectivity index (χ2v) is 5.68. The van der Waals surface area contributed by atoms with Crippen molar-refractivity contribution in [3.05, 3.63) is 70.2 Å². The fourth-order valence-corrected chi connectivity index (χ4v) is 2.43. The Hall–Kier alpha value is -1.82. The minimum Gasteiger partial charge on any atom is -0.340 e. The molecular formula is C16H13BrF3NO. The van der Waals surface area contributed by atoms with E-state index in [9.17, 15) is 18.0 Å². The molecule has 0 unspecified atom stereocenters. The molecule has 22 heavy (non-hydrogen) atoms. The fourth-order valence-electron chi connectivity index (χ4n) is 1.98. The van der Waals surface area contributed by atoms with Crippen molar-refractivity contribution in [2.24, 2.45) is 0 Å². The van der Waals surface area contributed by atoms with Crippen molar-refractivity contribution in [3.63, 3.8) is 0 Å². The zero-order valence-electron chi connectivity index (χ0n) is 11.4. The Labute approximate surface area is 134 Å². The van der Waals surface area contributed by atoms with Crippen LogP contribution in [0, 0.1) is 0 Å². The molecule has 0 bridgehead atoms. The summed E-state index contributed by atoms with van der Waals surface area (Å²) in [4.78, 5) is 11.9. The number of nitrogens with one attached hydrogen (secondary N) is 1. The van der Waals surface area contributed by atoms with E-state index in [1.807, 2.05) is 0 Å². The summed E-state index contributed by atoms with van der Waals surface area (Å²) in [7, 11) is 0. The third kappa shape index (κ3) is 4.59. The van der Waals surface area contributed by atoms with Crippen molar-refractivity contribution < 1.29 is 18.0 Å². The maximum atomic E-state index is 13.2. The number of carbonyl (C=O) groups excluding carboxylic acids is 1. The van der Waals surface area contributed by atoms with Crippen LogP contribution in [0.25, 0.3) is 0 Å². The number of hydrogen-bond acceptors (Lipinski definition) is 1. The first-order chi connectivity index (χ1) is 10.4. The lowest BCUT2D eigenvalue weighted by Gasteiger charge is -2.22. The number of rotatable bonds is 4. The molecule has 0 saturated heterocycles. The molecule has 0 heterocycles. The molecule has 116 valence electrons. The Morgan fingerprint density at radius 2 is 1.77 bits per heavy atom. The predicted octanol–water partition coefficient (Wildman–Crippen LogP) is 4.35. The lowest BCUT2D eigenvalue weighted by Crippen LogP contribution is -2.46. The first kappa shape index (κ1) is 16.5. The Balaban J connectivity index is 2.15. The van der Waals surface area contributed by atoms with Crippen molar-refractivity contribution in [3.8, 4) is 0 Å². The molecule has 0 saturated carbocycles. The van der Waals surface area contributed by atoms with Gasteiger partial charge in [-0.2, -0.15) is 13.2 Å². The highest BCUT2D eigenvalue weighted by Gasteiger charge is 2.40. The molecule has 0 fully saturated rings. The van der Waals surface area contributed by atoms with Crippen LogP contribution >= 0.6 is 15.9 Å². The smallest absolute Gasteiger partial charge is 0.340 e. The average Bonchev–Trinajstić information content (AvgIpc) is 2.46. The fraction of sp³-hybridized carbons (Fsp3) is 0.188. The highest BCUT2D eigenvalue weighted by Crippen LogP contribution is 2.24. The van der Waals surface area contributed by atoms with Gasteiger partial charge in [-0.25, -0.2) is 0 Å². The van der Waals surface area contributed by atoms with Gasteiger partial charge in [-0.1, -0.05) is 46.3 Å². The Kier molecular flexibility index (Phi) is 5.24. The van der Waals surface area contributed by atoms with Gasteiger partial charge in [-0.05, 0) is 29.8 Å². The van der Waals surface area contributed by atoms with Crippen LogP contribution < -0.4 is 5.32 Å². The number of carbonyl (C=O) groups is 1. The van der Waals surface area contributed by atoms with E-state index in [-0.39, 0.29) is 12.0 Å². The summed E-state index contributed by atoms with van der Waals surface area (Å²) in [6.45, 7) is 0. The molecule has 2 nitrogen and oxygen atoms in total. The third-order valence-corrected chi connectivity index (χ3v) is 3.56. The summed E-state index contributed by atoms with van der Waals surface area (Å²) >= 11 is 3.22. The lowest BCUT2D eigenvalue weighted by atomic mass is 10.0. The summed E-state index contributed by atoms with van der Waals surface area (Å²) < 4.78 is 40.2. The molecular weight excluding hydrogens is 359 g/mol. The SMILES string of the molecule is O=C(N[C@H](Cc1cccc(Br)c1)C(F)(F)F)c1ccccc1. The molecule has 2 aromatic carbocycles. The third-order valence-electron chi connectivity index (χ3n) is 3.07. The monoisotopic (exact) mass is 371 g/mol. The van der Waals surface area contributed by atoms with E-state index in [0.29, 0.717) is 10.0 Å². The van der Waals surface area contributed by atoms with E-state index < -0.39 is 18.1 Å².